The van der Waals surface area contributed by atoms with E-state index < -0.39 is 7.26 Å². The van der Waals surface area contributed by atoms with Crippen LogP contribution in [0, 0.1) is 0 Å². The van der Waals surface area contributed by atoms with Gasteiger partial charge in [-0.2, -0.15) is 0 Å². The van der Waals surface area contributed by atoms with E-state index in [0.717, 1.165) is 17.0 Å². The standard InChI is InChI=1S/C19H35PS/c21-16-20(17-10-4-1-5-11-17,18-12-6-2-7-13-18)19-14-8-3-9-15-19/h17-19H,1-16H2/p+1. The molecule has 0 amide bonds. The molecule has 3 fully saturated rings. The fourth-order valence-corrected chi connectivity index (χ4v) is 14.5. The second-order valence-corrected chi connectivity index (χ2v) is 13.3. The Balaban J connectivity index is 1.85. The molecule has 0 atom stereocenters. The van der Waals surface area contributed by atoms with Gasteiger partial charge in [0, 0.05) is 7.26 Å². The molecule has 122 valence electrons. The van der Waals surface area contributed by atoms with E-state index in [2.05, 4.69) is 0 Å². The zero-order chi connectivity index (χ0) is 14.5. The first-order chi connectivity index (χ1) is 10.4. The Bertz CT molecular complexity index is 253. The van der Waals surface area contributed by atoms with Crippen molar-refractivity contribution in [3.8, 4) is 0 Å². The minimum atomic E-state index is -0.839. The molecule has 0 aromatic heterocycles. The lowest BCUT2D eigenvalue weighted by molar-refractivity contribution is 0.452. The topological polar surface area (TPSA) is 0 Å². The van der Waals surface area contributed by atoms with Gasteiger partial charge in [-0.1, -0.05) is 19.3 Å². The van der Waals surface area contributed by atoms with E-state index >= 15 is 0 Å². The van der Waals surface area contributed by atoms with Gasteiger partial charge >= 0.3 is 0 Å². The summed E-state index contributed by atoms with van der Waals surface area (Å²) in [5.74, 6) is 0. The Kier molecular flexibility index (Phi) is 6.38. The molecule has 0 unspecified atom stereocenters. The molecule has 0 spiro atoms. The van der Waals surface area contributed by atoms with E-state index in [4.69, 9.17) is 12.6 Å². The lowest BCUT2D eigenvalue weighted by Gasteiger charge is -2.48. The maximum Gasteiger partial charge on any atom is 0.102 e. The van der Waals surface area contributed by atoms with Crippen molar-refractivity contribution in [1.82, 2.24) is 0 Å². The van der Waals surface area contributed by atoms with E-state index in [1.54, 1.807) is 38.5 Å². The van der Waals surface area contributed by atoms with E-state index in [1.807, 2.05) is 0 Å². The van der Waals surface area contributed by atoms with Gasteiger partial charge in [0.2, 0.25) is 0 Å². The van der Waals surface area contributed by atoms with Gasteiger partial charge in [0.15, 0.2) is 0 Å². The van der Waals surface area contributed by atoms with Crippen molar-refractivity contribution < 1.29 is 0 Å². The third kappa shape index (κ3) is 3.50. The van der Waals surface area contributed by atoms with Gasteiger partial charge < -0.3 is 0 Å². The maximum atomic E-state index is 5.08. The average molecular weight is 328 g/mol. The van der Waals surface area contributed by atoms with Crippen molar-refractivity contribution in [1.29, 1.82) is 0 Å². The van der Waals surface area contributed by atoms with Crippen molar-refractivity contribution >= 4 is 19.9 Å². The molecule has 3 aliphatic rings. The molecule has 0 radical (unpaired) electrons. The third-order valence-corrected chi connectivity index (χ3v) is 14.6. The van der Waals surface area contributed by atoms with E-state index in [1.165, 1.54) is 63.3 Å². The molecule has 0 aliphatic heterocycles. The van der Waals surface area contributed by atoms with Crippen LogP contribution in [-0.4, -0.2) is 22.5 Å². The molecule has 0 nitrogen and oxygen atoms in total. The second kappa shape index (κ2) is 8.05. The maximum absolute atomic E-state index is 5.08. The zero-order valence-electron chi connectivity index (χ0n) is 13.9. The number of rotatable bonds is 4. The Morgan fingerprint density at radius 2 is 0.810 bits per heavy atom. The van der Waals surface area contributed by atoms with Crippen LogP contribution in [-0.2, 0) is 0 Å². The Labute approximate surface area is 139 Å². The summed E-state index contributed by atoms with van der Waals surface area (Å²) in [6, 6.07) is 0. The van der Waals surface area contributed by atoms with Crippen LogP contribution in [0.1, 0.15) is 96.3 Å². The van der Waals surface area contributed by atoms with Gasteiger partial charge in [0.1, 0.15) is 5.49 Å². The van der Waals surface area contributed by atoms with Crippen molar-refractivity contribution in [2.75, 3.05) is 5.49 Å². The summed E-state index contributed by atoms with van der Waals surface area (Å²) in [4.78, 5) is 0. The molecule has 0 bridgehead atoms. The highest BCUT2D eigenvalue weighted by Gasteiger charge is 2.56. The zero-order valence-corrected chi connectivity index (χ0v) is 15.7. The van der Waals surface area contributed by atoms with Crippen LogP contribution in [0.4, 0.5) is 0 Å². The monoisotopic (exact) mass is 327 g/mol. The molecule has 3 rings (SSSR count). The Morgan fingerprint density at radius 3 is 1.05 bits per heavy atom. The molecule has 0 aromatic carbocycles. The predicted octanol–water partition coefficient (Wildman–Crippen LogP) is 6.89. The van der Waals surface area contributed by atoms with Gasteiger partial charge in [-0.15, -0.1) is 12.6 Å². The van der Waals surface area contributed by atoms with Gasteiger partial charge in [0.05, 0.1) is 17.0 Å². The third-order valence-electron chi connectivity index (χ3n) is 7.01. The predicted molar refractivity (Wildman–Crippen MR) is 101 cm³/mol. The number of hydrogen-bond acceptors (Lipinski definition) is 1. The summed E-state index contributed by atoms with van der Waals surface area (Å²) in [5, 5.41) is 0. The highest BCUT2D eigenvalue weighted by Crippen LogP contribution is 2.77. The first kappa shape index (κ1) is 16.6. The lowest BCUT2D eigenvalue weighted by Crippen LogP contribution is -2.36. The van der Waals surface area contributed by atoms with Crippen molar-refractivity contribution in [2.45, 2.75) is 113 Å². The van der Waals surface area contributed by atoms with Crippen LogP contribution in [0.3, 0.4) is 0 Å². The van der Waals surface area contributed by atoms with Gasteiger partial charge in [-0.3, -0.25) is 0 Å². The van der Waals surface area contributed by atoms with Gasteiger partial charge in [-0.25, -0.2) is 0 Å². The quantitative estimate of drug-likeness (QED) is 0.422. The molecule has 0 aromatic rings. The lowest BCUT2D eigenvalue weighted by atomic mass is 9.99. The van der Waals surface area contributed by atoms with Crippen LogP contribution in [0.15, 0.2) is 0 Å². The molecule has 0 saturated heterocycles. The summed E-state index contributed by atoms with van der Waals surface area (Å²) in [6.07, 6.45) is 23.1. The summed E-state index contributed by atoms with van der Waals surface area (Å²) in [7, 11) is -0.839. The SMILES string of the molecule is SC[P+](C1CCCCC1)(C1CCCCC1)C1CCCCC1. The molecule has 0 N–H and O–H groups in total. The summed E-state index contributed by atoms with van der Waals surface area (Å²) in [6.45, 7) is 0. The largest absolute Gasteiger partial charge is 0.139 e. The average Bonchev–Trinajstić information content (AvgIpc) is 2.59. The highest BCUT2D eigenvalue weighted by atomic mass is 32.1. The van der Waals surface area contributed by atoms with Crippen LogP contribution < -0.4 is 0 Å². The summed E-state index contributed by atoms with van der Waals surface area (Å²) < 4.78 is 0. The smallest absolute Gasteiger partial charge is 0.102 e. The Morgan fingerprint density at radius 1 is 0.524 bits per heavy atom. The van der Waals surface area contributed by atoms with Gasteiger partial charge in [0.25, 0.3) is 0 Å². The van der Waals surface area contributed by atoms with Crippen LogP contribution in [0.25, 0.3) is 0 Å². The van der Waals surface area contributed by atoms with E-state index in [9.17, 15) is 0 Å². The molecular formula is C19H36PS+. The molecular weight excluding hydrogens is 291 g/mol. The van der Waals surface area contributed by atoms with Gasteiger partial charge in [-0.05, 0) is 77.0 Å². The minimum absolute atomic E-state index is 0.839. The van der Waals surface area contributed by atoms with E-state index in [0.29, 0.717) is 0 Å². The first-order valence-corrected chi connectivity index (χ1v) is 12.7. The molecule has 21 heavy (non-hydrogen) atoms. The minimum Gasteiger partial charge on any atom is -0.139 e. The number of hydrogen-bond donors (Lipinski definition) is 1. The normalized spacial score (nSPS) is 27.9. The first-order valence-electron chi connectivity index (χ1n) is 9.86. The molecule has 2 heteroatoms. The fraction of sp³-hybridized carbons (Fsp3) is 1.00. The van der Waals surface area contributed by atoms with Crippen LogP contribution in [0.5, 0.6) is 0 Å². The molecule has 3 aliphatic carbocycles. The van der Waals surface area contributed by atoms with Crippen molar-refractivity contribution in [2.24, 2.45) is 0 Å². The second-order valence-electron chi connectivity index (χ2n) is 8.01. The van der Waals surface area contributed by atoms with Crippen LogP contribution in [0.2, 0.25) is 0 Å². The van der Waals surface area contributed by atoms with Crippen molar-refractivity contribution in [3.05, 3.63) is 0 Å². The van der Waals surface area contributed by atoms with Crippen LogP contribution >= 0.6 is 19.9 Å². The molecule has 3 saturated carbocycles. The number of thiol groups is 1. The summed E-state index contributed by atoms with van der Waals surface area (Å²) >= 11 is 5.08. The van der Waals surface area contributed by atoms with E-state index in [-0.39, 0.29) is 0 Å². The molecule has 0 heterocycles. The van der Waals surface area contributed by atoms with Crippen molar-refractivity contribution in [3.63, 3.8) is 0 Å². The Hall–Kier alpha value is 0.780. The summed E-state index contributed by atoms with van der Waals surface area (Å²) in [5.41, 5.74) is 4.66. The fourth-order valence-electron chi connectivity index (χ4n) is 5.93. The highest BCUT2D eigenvalue weighted by molar-refractivity contribution is 7.95.